The van der Waals surface area contributed by atoms with Gasteiger partial charge in [0.15, 0.2) is 0 Å². The predicted molar refractivity (Wildman–Crippen MR) is 113 cm³/mol. The van der Waals surface area contributed by atoms with Crippen LogP contribution < -0.4 is 14.8 Å². The average molecular weight is 444 g/mol. The standard InChI is InChI=1S/C20H21Cl3N2O3/c1-27-13-5-6-14(18(10-13)28-2)17-4-3-7-25(17)11-19(26)24-20-15(22)8-12(21)9-16(20)23/h5-6,8-10,17H,3-4,7,11H2,1-2H3,(H,24,26). The van der Waals surface area contributed by atoms with E-state index in [0.29, 0.717) is 20.8 Å². The van der Waals surface area contributed by atoms with Crippen molar-refractivity contribution in [3.63, 3.8) is 0 Å². The van der Waals surface area contributed by atoms with Crippen LogP contribution in [0.15, 0.2) is 30.3 Å². The number of amides is 1. The molecule has 0 bridgehead atoms. The Morgan fingerprint density at radius 3 is 2.50 bits per heavy atom. The maximum atomic E-state index is 12.6. The minimum atomic E-state index is -0.189. The SMILES string of the molecule is COc1ccc(C2CCCN2CC(=O)Nc2c(Cl)cc(Cl)cc2Cl)c(OC)c1. The van der Waals surface area contributed by atoms with Gasteiger partial charge < -0.3 is 14.8 Å². The van der Waals surface area contributed by atoms with Crippen LogP contribution in [-0.2, 0) is 4.79 Å². The van der Waals surface area contributed by atoms with Gasteiger partial charge in [-0.15, -0.1) is 0 Å². The highest BCUT2D eigenvalue weighted by Gasteiger charge is 2.30. The zero-order valence-corrected chi connectivity index (χ0v) is 17.9. The lowest BCUT2D eigenvalue weighted by Gasteiger charge is -2.26. The molecule has 1 N–H and O–H groups in total. The van der Waals surface area contributed by atoms with E-state index < -0.39 is 0 Å². The molecule has 1 aliphatic rings. The van der Waals surface area contributed by atoms with E-state index in [1.54, 1.807) is 26.4 Å². The minimum absolute atomic E-state index is 0.0859. The Bertz CT molecular complexity index is 853. The first-order chi connectivity index (χ1) is 13.4. The molecule has 2 aromatic rings. The van der Waals surface area contributed by atoms with Gasteiger partial charge in [-0.3, -0.25) is 9.69 Å². The summed E-state index contributed by atoms with van der Waals surface area (Å²) in [6.07, 6.45) is 1.94. The van der Waals surface area contributed by atoms with E-state index >= 15 is 0 Å². The summed E-state index contributed by atoms with van der Waals surface area (Å²) >= 11 is 18.2. The summed E-state index contributed by atoms with van der Waals surface area (Å²) in [5, 5.41) is 3.83. The zero-order chi connectivity index (χ0) is 20.3. The van der Waals surface area contributed by atoms with Gasteiger partial charge in [0.25, 0.3) is 0 Å². The number of hydrogen-bond donors (Lipinski definition) is 1. The molecule has 2 aromatic carbocycles. The Hall–Kier alpha value is -1.66. The fourth-order valence-electron chi connectivity index (χ4n) is 3.49. The average Bonchev–Trinajstić information content (AvgIpc) is 3.11. The van der Waals surface area contributed by atoms with Crippen LogP contribution in [0.2, 0.25) is 15.1 Å². The summed E-state index contributed by atoms with van der Waals surface area (Å²) in [4.78, 5) is 14.8. The first-order valence-electron chi connectivity index (χ1n) is 8.83. The van der Waals surface area contributed by atoms with Crippen LogP contribution in [0.4, 0.5) is 5.69 Å². The molecule has 5 nitrogen and oxygen atoms in total. The molecule has 28 heavy (non-hydrogen) atoms. The van der Waals surface area contributed by atoms with Gasteiger partial charge in [0.2, 0.25) is 5.91 Å². The van der Waals surface area contributed by atoms with Gasteiger partial charge in [0.05, 0.1) is 36.5 Å². The third-order valence-corrected chi connectivity index (χ3v) is 5.60. The van der Waals surface area contributed by atoms with Crippen molar-refractivity contribution >= 4 is 46.4 Å². The maximum absolute atomic E-state index is 12.6. The molecule has 1 aliphatic heterocycles. The number of likely N-dealkylation sites (tertiary alicyclic amines) is 1. The molecule has 0 radical (unpaired) electrons. The summed E-state index contributed by atoms with van der Waals surface area (Å²) < 4.78 is 10.8. The maximum Gasteiger partial charge on any atom is 0.238 e. The van der Waals surface area contributed by atoms with Crippen molar-refractivity contribution in [2.45, 2.75) is 18.9 Å². The quantitative estimate of drug-likeness (QED) is 0.646. The molecular formula is C20H21Cl3N2O3. The van der Waals surface area contributed by atoms with E-state index in [1.807, 2.05) is 18.2 Å². The van der Waals surface area contributed by atoms with Gasteiger partial charge in [-0.1, -0.05) is 40.9 Å². The normalized spacial score (nSPS) is 16.8. The number of methoxy groups -OCH3 is 2. The van der Waals surface area contributed by atoms with Gasteiger partial charge in [-0.2, -0.15) is 0 Å². The molecule has 0 spiro atoms. The number of benzene rings is 2. The first kappa shape index (κ1) is 21.1. The smallest absolute Gasteiger partial charge is 0.238 e. The number of nitrogens with one attached hydrogen (secondary N) is 1. The number of ether oxygens (including phenoxy) is 2. The third-order valence-electron chi connectivity index (χ3n) is 4.78. The molecule has 0 aromatic heterocycles. The Labute approximate surface area is 179 Å². The van der Waals surface area contributed by atoms with E-state index in [9.17, 15) is 4.79 Å². The van der Waals surface area contributed by atoms with E-state index in [4.69, 9.17) is 44.3 Å². The van der Waals surface area contributed by atoms with E-state index in [-0.39, 0.29) is 18.5 Å². The molecule has 1 unspecified atom stereocenters. The van der Waals surface area contributed by atoms with Gasteiger partial charge in [-0.05, 0) is 37.6 Å². The Morgan fingerprint density at radius 1 is 1.14 bits per heavy atom. The Kier molecular flexibility index (Phi) is 6.94. The molecule has 3 rings (SSSR count). The number of rotatable bonds is 6. The number of carbonyl (C=O) groups excluding carboxylic acids is 1. The second-order valence-corrected chi connectivity index (χ2v) is 7.78. The lowest BCUT2D eigenvalue weighted by atomic mass is 10.0. The molecule has 1 heterocycles. The summed E-state index contributed by atoms with van der Waals surface area (Å²) in [5.41, 5.74) is 1.41. The number of carbonyl (C=O) groups is 1. The van der Waals surface area contributed by atoms with E-state index in [1.165, 1.54) is 0 Å². The summed E-state index contributed by atoms with van der Waals surface area (Å²) in [6, 6.07) is 8.94. The fraction of sp³-hybridized carbons (Fsp3) is 0.350. The highest BCUT2D eigenvalue weighted by Crippen LogP contribution is 2.39. The molecule has 0 saturated carbocycles. The number of hydrogen-bond acceptors (Lipinski definition) is 4. The number of halogens is 3. The lowest BCUT2D eigenvalue weighted by molar-refractivity contribution is -0.117. The van der Waals surface area contributed by atoms with Crippen LogP contribution in [0.1, 0.15) is 24.4 Å². The van der Waals surface area contributed by atoms with Crippen molar-refractivity contribution < 1.29 is 14.3 Å². The van der Waals surface area contributed by atoms with Crippen LogP contribution in [0.25, 0.3) is 0 Å². The Morgan fingerprint density at radius 2 is 1.86 bits per heavy atom. The molecule has 1 atom stereocenters. The van der Waals surface area contributed by atoms with Crippen molar-refractivity contribution in [3.8, 4) is 11.5 Å². The summed E-state index contributed by atoms with van der Waals surface area (Å²) in [5.74, 6) is 1.29. The van der Waals surface area contributed by atoms with Crippen LogP contribution in [-0.4, -0.2) is 38.1 Å². The Balaban J connectivity index is 1.75. The van der Waals surface area contributed by atoms with Crippen molar-refractivity contribution in [1.29, 1.82) is 0 Å². The lowest BCUT2D eigenvalue weighted by Crippen LogP contribution is -2.33. The summed E-state index contributed by atoms with van der Waals surface area (Å²) in [6.45, 7) is 1.03. The molecule has 1 saturated heterocycles. The molecule has 8 heteroatoms. The predicted octanol–water partition coefficient (Wildman–Crippen LogP) is 5.44. The molecular weight excluding hydrogens is 423 g/mol. The molecule has 1 fully saturated rings. The van der Waals surface area contributed by atoms with Crippen LogP contribution >= 0.6 is 34.8 Å². The molecule has 1 amide bonds. The van der Waals surface area contributed by atoms with E-state index in [2.05, 4.69) is 10.2 Å². The molecule has 150 valence electrons. The number of nitrogens with zero attached hydrogens (tertiary/aromatic N) is 1. The van der Waals surface area contributed by atoms with Crippen molar-refractivity contribution in [1.82, 2.24) is 4.90 Å². The van der Waals surface area contributed by atoms with Crippen LogP contribution in [0.5, 0.6) is 11.5 Å². The van der Waals surface area contributed by atoms with E-state index in [0.717, 1.165) is 36.4 Å². The first-order valence-corrected chi connectivity index (χ1v) is 9.96. The van der Waals surface area contributed by atoms with Gasteiger partial charge in [0.1, 0.15) is 11.5 Å². The fourth-order valence-corrected chi connectivity index (χ4v) is 4.40. The monoisotopic (exact) mass is 442 g/mol. The van der Waals surface area contributed by atoms with Crippen molar-refractivity contribution in [2.24, 2.45) is 0 Å². The zero-order valence-electron chi connectivity index (χ0n) is 15.6. The highest BCUT2D eigenvalue weighted by molar-refractivity contribution is 6.42. The molecule has 0 aliphatic carbocycles. The largest absolute Gasteiger partial charge is 0.497 e. The highest BCUT2D eigenvalue weighted by atomic mass is 35.5. The number of anilines is 1. The van der Waals surface area contributed by atoms with Gasteiger partial charge in [-0.25, -0.2) is 0 Å². The summed E-state index contributed by atoms with van der Waals surface area (Å²) in [7, 11) is 3.25. The van der Waals surface area contributed by atoms with Crippen molar-refractivity contribution in [3.05, 3.63) is 51.0 Å². The van der Waals surface area contributed by atoms with Crippen molar-refractivity contribution in [2.75, 3.05) is 32.6 Å². The second-order valence-electron chi connectivity index (χ2n) is 6.53. The van der Waals surface area contributed by atoms with Gasteiger partial charge >= 0.3 is 0 Å². The topological polar surface area (TPSA) is 50.8 Å². The second kappa shape index (κ2) is 9.23. The minimum Gasteiger partial charge on any atom is -0.497 e. The van der Waals surface area contributed by atoms with Crippen LogP contribution in [0, 0.1) is 0 Å². The third kappa shape index (κ3) is 4.66. The van der Waals surface area contributed by atoms with Crippen LogP contribution in [0.3, 0.4) is 0 Å². The van der Waals surface area contributed by atoms with Gasteiger partial charge in [0, 0.05) is 22.7 Å².